The molecule has 3 amide bonds. The molecule has 0 bridgehead atoms. The van der Waals surface area contributed by atoms with Gasteiger partial charge in [-0.3, -0.25) is 4.68 Å². The summed E-state index contributed by atoms with van der Waals surface area (Å²) < 4.78 is 31.6. The number of nitrogens with zero attached hydrogens (tertiary/aromatic N) is 6. The van der Waals surface area contributed by atoms with E-state index in [4.69, 9.17) is 0 Å². The Bertz CT molecular complexity index is 1470. The molecule has 1 aliphatic carbocycles. The molecule has 0 spiro atoms. The van der Waals surface area contributed by atoms with Gasteiger partial charge in [0.1, 0.15) is 28.8 Å². The van der Waals surface area contributed by atoms with Gasteiger partial charge < -0.3 is 0 Å². The number of imide groups is 1. The van der Waals surface area contributed by atoms with Crippen molar-refractivity contribution in [3.05, 3.63) is 43.8 Å². The summed E-state index contributed by atoms with van der Waals surface area (Å²) in [6.07, 6.45) is 5.55. The summed E-state index contributed by atoms with van der Waals surface area (Å²) in [6.45, 7) is 3.91. The van der Waals surface area contributed by atoms with Gasteiger partial charge in [0.2, 0.25) is 10.0 Å². The fourth-order valence-corrected chi connectivity index (χ4v) is 7.90. The molecule has 5 rings (SSSR count). The van der Waals surface area contributed by atoms with Gasteiger partial charge in [0.05, 0.1) is 27.8 Å². The molecule has 2 aliphatic heterocycles. The van der Waals surface area contributed by atoms with Crippen molar-refractivity contribution in [3.63, 3.8) is 0 Å². The Morgan fingerprint density at radius 1 is 1.34 bits per heavy atom. The van der Waals surface area contributed by atoms with Crippen LogP contribution < -0.4 is 4.72 Å². The Morgan fingerprint density at radius 2 is 2.09 bits per heavy atom. The van der Waals surface area contributed by atoms with E-state index in [1.165, 1.54) is 22.0 Å². The summed E-state index contributed by atoms with van der Waals surface area (Å²) >= 11 is 2.33. The van der Waals surface area contributed by atoms with Crippen molar-refractivity contribution >= 4 is 50.1 Å². The van der Waals surface area contributed by atoms with Crippen molar-refractivity contribution in [2.24, 2.45) is 13.0 Å². The Labute approximate surface area is 210 Å². The molecular weight excluding hydrogens is 510 g/mol. The summed E-state index contributed by atoms with van der Waals surface area (Å²) in [4.78, 5) is 33.4. The zero-order valence-corrected chi connectivity index (χ0v) is 21.6. The normalized spacial score (nSPS) is 21.3. The van der Waals surface area contributed by atoms with Gasteiger partial charge in [-0.1, -0.05) is 0 Å². The molecule has 0 radical (unpaired) electrons. The van der Waals surface area contributed by atoms with Crippen LogP contribution in [0.1, 0.15) is 34.0 Å². The van der Waals surface area contributed by atoms with Gasteiger partial charge in [0, 0.05) is 18.8 Å². The highest BCUT2D eigenvalue weighted by atomic mass is 32.3. The summed E-state index contributed by atoms with van der Waals surface area (Å²) in [5.41, 5.74) is 0.363. The van der Waals surface area contributed by atoms with Gasteiger partial charge in [-0.25, -0.2) is 18.2 Å². The lowest BCUT2D eigenvalue weighted by molar-refractivity contribution is -0.453. The minimum atomic E-state index is -4.04. The Hall–Kier alpha value is -2.86. The predicted molar refractivity (Wildman–Crippen MR) is 129 cm³/mol. The minimum absolute atomic E-state index is 0.0167. The molecule has 1 atom stereocenters. The van der Waals surface area contributed by atoms with E-state index >= 15 is 0 Å². The van der Waals surface area contributed by atoms with Crippen LogP contribution in [0.5, 0.6) is 0 Å². The minimum Gasteiger partial charge on any atom is -0.275 e. The van der Waals surface area contributed by atoms with Gasteiger partial charge in [0.15, 0.2) is 5.04 Å². The van der Waals surface area contributed by atoms with E-state index < -0.39 is 33.4 Å². The van der Waals surface area contributed by atoms with Crippen molar-refractivity contribution < 1.29 is 22.6 Å². The van der Waals surface area contributed by atoms with Crippen LogP contribution in [-0.2, 0) is 35.0 Å². The van der Waals surface area contributed by atoms with Gasteiger partial charge in [-0.15, -0.1) is 11.3 Å². The molecule has 1 fully saturated rings. The van der Waals surface area contributed by atoms with Gasteiger partial charge in [-0.05, 0) is 44.5 Å². The number of carbonyl (C=O) groups excluding carboxylic acids is 2. The quantitative estimate of drug-likeness (QED) is 0.532. The first-order valence-corrected chi connectivity index (χ1v) is 13.9. The highest BCUT2D eigenvalue weighted by molar-refractivity contribution is 8.27. The lowest BCUT2D eigenvalue weighted by atomic mass is 10.1. The maximum atomic E-state index is 13.6. The van der Waals surface area contributed by atoms with Gasteiger partial charge in [0.25, 0.3) is 0 Å². The molecule has 1 saturated carbocycles. The number of hydrogen-bond donors (Lipinski definition) is 1. The van der Waals surface area contributed by atoms with Crippen molar-refractivity contribution in [2.45, 2.75) is 45.3 Å². The number of nitriles is 1. The van der Waals surface area contributed by atoms with E-state index in [2.05, 4.69) is 14.8 Å². The van der Waals surface area contributed by atoms with Crippen LogP contribution in [-0.4, -0.2) is 55.2 Å². The highest BCUT2D eigenvalue weighted by Crippen LogP contribution is 2.42. The molecule has 1 N–H and O–H groups in total. The van der Waals surface area contributed by atoms with E-state index in [9.17, 15) is 23.3 Å². The fourth-order valence-electron chi connectivity index (χ4n) is 4.01. The summed E-state index contributed by atoms with van der Waals surface area (Å²) in [6, 6.07) is 1.48. The maximum absolute atomic E-state index is 13.6. The zero-order valence-electron chi connectivity index (χ0n) is 19.2. The van der Waals surface area contributed by atoms with Crippen LogP contribution in [0.25, 0.3) is 0 Å². The van der Waals surface area contributed by atoms with Crippen molar-refractivity contribution in [2.75, 3.05) is 0 Å². The third-order valence-corrected chi connectivity index (χ3v) is 10.3. The van der Waals surface area contributed by atoms with Crippen molar-refractivity contribution in [3.8, 4) is 6.07 Å². The molecule has 3 aliphatic rings. The number of rotatable bonds is 7. The Balaban J connectivity index is 1.54. The number of hydrogen-bond acceptors (Lipinski definition) is 9. The number of urea groups is 1. The molecular formula is C21H22N7O4S3+. The zero-order chi connectivity index (χ0) is 25.1. The van der Waals surface area contributed by atoms with Crippen molar-refractivity contribution in [1.29, 1.82) is 5.26 Å². The third kappa shape index (κ3) is 4.33. The monoisotopic (exact) mass is 532 g/mol. The largest absolute Gasteiger partial charge is 0.501 e. The van der Waals surface area contributed by atoms with E-state index in [0.717, 1.165) is 32.2 Å². The van der Waals surface area contributed by atoms with Crippen LogP contribution >= 0.6 is 23.1 Å². The third-order valence-electron chi connectivity index (χ3n) is 5.99. The lowest BCUT2D eigenvalue weighted by Crippen LogP contribution is -2.52. The summed E-state index contributed by atoms with van der Waals surface area (Å²) in [7, 11) is -2.30. The van der Waals surface area contributed by atoms with Gasteiger partial charge >= 0.3 is 11.9 Å². The second-order valence-electron chi connectivity index (χ2n) is 8.76. The van der Waals surface area contributed by atoms with Crippen LogP contribution in [0.3, 0.4) is 0 Å². The van der Waals surface area contributed by atoms with Crippen LogP contribution in [0.2, 0.25) is 0 Å². The fraction of sp³-hybridized carbons (Fsp3) is 0.429. The number of sulfonamides is 1. The topological polar surface area (TPSA) is 141 Å². The number of fused-ring (bicyclic) bond motifs is 1. The smallest absolute Gasteiger partial charge is 0.275 e. The molecule has 2 aromatic heterocycles. The lowest BCUT2D eigenvalue weighted by Gasteiger charge is -2.23. The van der Waals surface area contributed by atoms with Crippen molar-refractivity contribution in [1.82, 2.24) is 24.4 Å². The molecule has 0 saturated heterocycles. The molecule has 35 heavy (non-hydrogen) atoms. The molecule has 182 valence electrons. The number of thioether (sulfide) groups is 1. The second-order valence-corrected chi connectivity index (χ2v) is 13.0. The van der Waals surface area contributed by atoms with Crippen LogP contribution in [0.15, 0.2) is 22.7 Å². The van der Waals surface area contributed by atoms with Gasteiger partial charge in [-0.2, -0.15) is 29.4 Å². The molecule has 11 nitrogen and oxygen atoms in total. The predicted octanol–water partition coefficient (Wildman–Crippen LogP) is 1.75. The second kappa shape index (κ2) is 8.37. The van der Waals surface area contributed by atoms with E-state index in [1.807, 2.05) is 19.9 Å². The SMILES string of the molecule is Cc1nc(C)c(C[N+]2=C3SC(S(=O)(=O)NC4(C#N)CC4)=CC3C(=O)N(Cc3cnn(C)c3)C2=O)s1. The maximum Gasteiger partial charge on any atom is 0.501 e. The van der Waals surface area contributed by atoms with Crippen LogP contribution in [0.4, 0.5) is 4.79 Å². The average Bonchev–Trinajstić information content (AvgIpc) is 3.10. The highest BCUT2D eigenvalue weighted by Gasteiger charge is 2.54. The van der Waals surface area contributed by atoms with Crippen LogP contribution in [0, 0.1) is 31.1 Å². The Kier molecular flexibility index (Phi) is 5.71. The number of amides is 3. The standard InChI is InChI=1S/C21H22N7O4S3/c1-12-16(33-13(2)24-12)10-28-19-15(6-17(34-19)35(31,32)25-21(11-22)4-5-21)18(29)27(20(28)30)9-14-7-23-26(3)8-14/h6-8,15,25H,4-5,9-10H2,1-3H3/q+1. The Morgan fingerprint density at radius 3 is 2.66 bits per heavy atom. The van der Waals surface area contributed by atoms with E-state index in [-0.39, 0.29) is 17.3 Å². The first-order valence-electron chi connectivity index (χ1n) is 10.8. The molecule has 4 heterocycles. The summed E-state index contributed by atoms with van der Waals surface area (Å²) in [5, 5.41) is 14.6. The average molecular weight is 533 g/mol. The molecule has 1 unspecified atom stereocenters. The summed E-state index contributed by atoms with van der Waals surface area (Å²) in [5.74, 6) is -1.42. The molecule has 0 aromatic carbocycles. The molecule has 2 aromatic rings. The number of aromatic nitrogens is 3. The number of aryl methyl sites for hydroxylation is 3. The number of nitrogens with one attached hydrogen (secondary N) is 1. The first kappa shape index (κ1) is 23.9. The van der Waals surface area contributed by atoms with E-state index in [0.29, 0.717) is 23.4 Å². The number of carbonyl (C=O) groups is 2. The molecule has 14 heteroatoms. The van der Waals surface area contributed by atoms with E-state index in [1.54, 1.807) is 24.1 Å². The number of thiazole rings is 1. The first-order chi connectivity index (χ1) is 16.5.